The first kappa shape index (κ1) is 17.6. The molecule has 0 radical (unpaired) electrons. The second-order valence-electron chi connectivity index (χ2n) is 7.65. The van der Waals surface area contributed by atoms with Crippen molar-refractivity contribution in [1.82, 2.24) is 15.1 Å². The fraction of sp³-hybridized carbons (Fsp3) is 0.364. The summed E-state index contributed by atoms with van der Waals surface area (Å²) >= 11 is 0. The van der Waals surface area contributed by atoms with E-state index >= 15 is 0 Å². The van der Waals surface area contributed by atoms with Gasteiger partial charge in [-0.15, -0.1) is 0 Å². The molecule has 1 saturated heterocycles. The lowest BCUT2D eigenvalue weighted by Gasteiger charge is -2.30. The van der Waals surface area contributed by atoms with Gasteiger partial charge in [0.25, 0.3) is 5.91 Å². The Morgan fingerprint density at radius 3 is 2.81 bits per heavy atom. The Kier molecular flexibility index (Phi) is 4.84. The van der Waals surface area contributed by atoms with Gasteiger partial charge < -0.3 is 10.2 Å². The van der Waals surface area contributed by atoms with E-state index in [0.29, 0.717) is 0 Å². The van der Waals surface area contributed by atoms with Crippen molar-refractivity contribution < 1.29 is 4.79 Å². The Balaban J connectivity index is 1.42. The number of anilines is 1. The molecule has 0 spiro atoms. The molecule has 1 fully saturated rings. The highest BCUT2D eigenvalue weighted by atomic mass is 16.2. The van der Waals surface area contributed by atoms with Crippen LogP contribution in [0, 0.1) is 12.8 Å². The van der Waals surface area contributed by atoms with Gasteiger partial charge in [-0.1, -0.05) is 19.1 Å². The van der Waals surface area contributed by atoms with Crippen LogP contribution in [0.2, 0.25) is 0 Å². The number of aromatic amines is 1. The second-order valence-corrected chi connectivity index (χ2v) is 7.65. The summed E-state index contributed by atoms with van der Waals surface area (Å²) in [6.07, 6.45) is 4.03. The average Bonchev–Trinajstić information content (AvgIpc) is 3.15. The Bertz CT molecular complexity index is 954. The molecule has 2 N–H and O–H groups in total. The minimum absolute atomic E-state index is 0.154. The number of amides is 1. The number of H-pyrrole nitrogens is 1. The maximum Gasteiger partial charge on any atom is 0.253 e. The van der Waals surface area contributed by atoms with E-state index in [1.807, 2.05) is 29.3 Å². The van der Waals surface area contributed by atoms with Crippen LogP contribution in [-0.4, -0.2) is 34.1 Å². The standard InChI is InChI=1S/C22H26N4O/c1-15-7-9-26(10-8-15)22(27)18-5-6-20(16(2)11-18)23-13-17-3-4-19-14-24-25-21(19)12-17/h3-6,11-12,14-15,23H,7-10,13H2,1-2H3,(H,24,25). The van der Waals surface area contributed by atoms with Crippen LogP contribution in [0.3, 0.4) is 0 Å². The van der Waals surface area contributed by atoms with Gasteiger partial charge in [-0.2, -0.15) is 5.10 Å². The zero-order valence-electron chi connectivity index (χ0n) is 16.0. The molecule has 1 aromatic heterocycles. The summed E-state index contributed by atoms with van der Waals surface area (Å²) < 4.78 is 0. The van der Waals surface area contributed by atoms with E-state index < -0.39 is 0 Å². The number of rotatable bonds is 4. The van der Waals surface area contributed by atoms with E-state index in [1.165, 1.54) is 5.56 Å². The molecule has 1 aliphatic rings. The third-order valence-electron chi connectivity index (χ3n) is 5.53. The molecule has 0 unspecified atom stereocenters. The van der Waals surface area contributed by atoms with Crippen molar-refractivity contribution in [3.63, 3.8) is 0 Å². The van der Waals surface area contributed by atoms with Crippen molar-refractivity contribution in [3.05, 3.63) is 59.3 Å². The number of hydrogen-bond acceptors (Lipinski definition) is 3. The van der Waals surface area contributed by atoms with E-state index in [0.717, 1.165) is 66.1 Å². The molecule has 27 heavy (non-hydrogen) atoms. The number of carbonyl (C=O) groups is 1. The first-order valence-corrected chi connectivity index (χ1v) is 9.66. The zero-order chi connectivity index (χ0) is 18.8. The lowest BCUT2D eigenvalue weighted by atomic mass is 9.98. The highest BCUT2D eigenvalue weighted by Gasteiger charge is 2.21. The van der Waals surface area contributed by atoms with Gasteiger partial charge in [0.05, 0.1) is 11.7 Å². The number of piperidine rings is 1. The number of benzene rings is 2. The molecule has 4 rings (SSSR count). The van der Waals surface area contributed by atoms with Crippen molar-refractivity contribution >= 4 is 22.5 Å². The number of likely N-dealkylation sites (tertiary alicyclic amines) is 1. The molecule has 5 nitrogen and oxygen atoms in total. The van der Waals surface area contributed by atoms with Crippen LogP contribution in [0.4, 0.5) is 5.69 Å². The Labute approximate surface area is 159 Å². The van der Waals surface area contributed by atoms with Crippen LogP contribution in [0.15, 0.2) is 42.6 Å². The average molecular weight is 362 g/mol. The molecule has 140 valence electrons. The fourth-order valence-electron chi connectivity index (χ4n) is 3.68. The van der Waals surface area contributed by atoms with E-state index in [9.17, 15) is 4.79 Å². The number of carbonyl (C=O) groups excluding carboxylic acids is 1. The predicted molar refractivity (Wildman–Crippen MR) is 109 cm³/mol. The number of nitrogens with zero attached hydrogens (tertiary/aromatic N) is 2. The first-order chi connectivity index (χ1) is 13.1. The third-order valence-corrected chi connectivity index (χ3v) is 5.53. The van der Waals surface area contributed by atoms with Crippen LogP contribution in [0.25, 0.3) is 10.9 Å². The first-order valence-electron chi connectivity index (χ1n) is 9.66. The maximum atomic E-state index is 12.7. The Morgan fingerprint density at radius 2 is 2.04 bits per heavy atom. The summed E-state index contributed by atoms with van der Waals surface area (Å²) in [4.78, 5) is 14.7. The van der Waals surface area contributed by atoms with Gasteiger partial charge in [0.2, 0.25) is 0 Å². The fourth-order valence-corrected chi connectivity index (χ4v) is 3.68. The lowest BCUT2D eigenvalue weighted by Crippen LogP contribution is -2.37. The summed E-state index contributed by atoms with van der Waals surface area (Å²) in [7, 11) is 0. The maximum absolute atomic E-state index is 12.7. The molecule has 0 aliphatic carbocycles. The van der Waals surface area contributed by atoms with Crippen LogP contribution >= 0.6 is 0 Å². The van der Waals surface area contributed by atoms with Crippen LogP contribution in [0.5, 0.6) is 0 Å². The predicted octanol–water partition coefficient (Wildman–Crippen LogP) is 4.36. The molecule has 2 aromatic carbocycles. The molecular weight excluding hydrogens is 336 g/mol. The van der Waals surface area contributed by atoms with E-state index in [2.05, 4.69) is 47.6 Å². The van der Waals surface area contributed by atoms with Gasteiger partial charge in [0, 0.05) is 36.3 Å². The minimum atomic E-state index is 0.154. The molecule has 3 aromatic rings. The van der Waals surface area contributed by atoms with Crippen molar-refractivity contribution in [2.75, 3.05) is 18.4 Å². The highest BCUT2D eigenvalue weighted by molar-refractivity contribution is 5.95. The monoisotopic (exact) mass is 362 g/mol. The van der Waals surface area contributed by atoms with Crippen LogP contribution in [-0.2, 0) is 6.54 Å². The Morgan fingerprint density at radius 1 is 1.22 bits per heavy atom. The Hall–Kier alpha value is -2.82. The smallest absolute Gasteiger partial charge is 0.253 e. The van der Waals surface area contributed by atoms with Gasteiger partial charge in [-0.05, 0) is 61.1 Å². The summed E-state index contributed by atoms with van der Waals surface area (Å²) in [5.74, 6) is 0.879. The number of fused-ring (bicyclic) bond motifs is 1. The SMILES string of the molecule is Cc1cc(C(=O)N2CCC(C)CC2)ccc1NCc1ccc2cn[nH]c2c1. The van der Waals surface area contributed by atoms with Crippen LogP contribution < -0.4 is 5.32 Å². The topological polar surface area (TPSA) is 61.0 Å². The summed E-state index contributed by atoms with van der Waals surface area (Å²) in [6, 6.07) is 12.2. The van der Waals surface area contributed by atoms with Crippen molar-refractivity contribution in [1.29, 1.82) is 0 Å². The largest absolute Gasteiger partial charge is 0.381 e. The quantitative estimate of drug-likeness (QED) is 0.725. The van der Waals surface area contributed by atoms with E-state index in [1.54, 1.807) is 0 Å². The summed E-state index contributed by atoms with van der Waals surface area (Å²) in [5.41, 5.74) is 5.17. The number of aryl methyl sites for hydroxylation is 1. The lowest BCUT2D eigenvalue weighted by molar-refractivity contribution is 0.0697. The molecule has 1 aliphatic heterocycles. The second kappa shape index (κ2) is 7.43. The van der Waals surface area contributed by atoms with Crippen molar-refractivity contribution in [3.8, 4) is 0 Å². The van der Waals surface area contributed by atoms with Gasteiger partial charge in [0.1, 0.15) is 0 Å². The number of hydrogen-bond donors (Lipinski definition) is 2. The minimum Gasteiger partial charge on any atom is -0.381 e. The third kappa shape index (κ3) is 3.82. The van der Waals surface area contributed by atoms with E-state index in [4.69, 9.17) is 0 Å². The number of nitrogens with one attached hydrogen (secondary N) is 2. The molecular formula is C22H26N4O. The highest BCUT2D eigenvalue weighted by Crippen LogP contribution is 2.22. The van der Waals surface area contributed by atoms with Gasteiger partial charge in [-0.25, -0.2) is 0 Å². The number of aromatic nitrogens is 2. The summed E-state index contributed by atoms with van der Waals surface area (Å²) in [5, 5.41) is 11.7. The van der Waals surface area contributed by atoms with Gasteiger partial charge >= 0.3 is 0 Å². The molecule has 5 heteroatoms. The van der Waals surface area contributed by atoms with Gasteiger partial charge in [0.15, 0.2) is 0 Å². The van der Waals surface area contributed by atoms with Crippen LogP contribution in [0.1, 0.15) is 41.3 Å². The molecule has 2 heterocycles. The zero-order valence-corrected chi connectivity index (χ0v) is 16.0. The molecule has 1 amide bonds. The van der Waals surface area contributed by atoms with Gasteiger partial charge in [-0.3, -0.25) is 9.89 Å². The van der Waals surface area contributed by atoms with Crippen molar-refractivity contribution in [2.45, 2.75) is 33.2 Å². The van der Waals surface area contributed by atoms with Crippen molar-refractivity contribution in [2.24, 2.45) is 5.92 Å². The molecule has 0 atom stereocenters. The summed E-state index contributed by atoms with van der Waals surface area (Å²) in [6.45, 7) is 6.78. The molecule has 0 bridgehead atoms. The normalized spacial score (nSPS) is 15.3. The molecule has 0 saturated carbocycles. The van der Waals surface area contributed by atoms with E-state index in [-0.39, 0.29) is 5.91 Å².